The van der Waals surface area contributed by atoms with Crippen LogP contribution in [0.2, 0.25) is 0 Å². The first-order chi connectivity index (χ1) is 16.8. The van der Waals surface area contributed by atoms with Crippen LogP contribution in [0.15, 0.2) is 89.0 Å². The molecule has 0 fully saturated rings. The number of aromatic nitrogens is 1. The molecule has 9 heteroatoms. The Morgan fingerprint density at radius 2 is 1.83 bits per heavy atom. The fourth-order valence-electron chi connectivity index (χ4n) is 3.16. The number of aliphatic hydroxyl groups excluding tert-OH is 1. The van der Waals surface area contributed by atoms with E-state index in [1.54, 1.807) is 24.5 Å². The van der Waals surface area contributed by atoms with Gasteiger partial charge >= 0.3 is 0 Å². The number of aliphatic imine (C=N–C) groups is 1. The molecule has 0 saturated carbocycles. The number of hydrogen-bond donors (Lipinski definition) is 3. The van der Waals surface area contributed by atoms with E-state index in [0.29, 0.717) is 19.7 Å². The zero-order valence-corrected chi connectivity index (χ0v) is 20.2. The van der Waals surface area contributed by atoms with E-state index < -0.39 is 16.2 Å². The van der Waals surface area contributed by atoms with E-state index >= 15 is 0 Å². The molecule has 0 aliphatic carbocycles. The SMILES string of the molecule is Cc1ccc(S(=O)(=O)O)cc1.O[C@@H](CNCCOc1ccc(C2=CCC=N2)cc1)c1cccnc1. The van der Waals surface area contributed by atoms with Gasteiger partial charge in [-0.15, -0.1) is 0 Å². The van der Waals surface area contributed by atoms with Crippen molar-refractivity contribution in [1.82, 2.24) is 10.3 Å². The summed E-state index contributed by atoms with van der Waals surface area (Å²) in [6.45, 7) is 3.52. The Balaban J connectivity index is 0.000000261. The average molecular weight is 496 g/mol. The van der Waals surface area contributed by atoms with Gasteiger partial charge in [0.15, 0.2) is 0 Å². The lowest BCUT2D eigenvalue weighted by Crippen LogP contribution is -2.26. The summed E-state index contributed by atoms with van der Waals surface area (Å²) in [6.07, 6.45) is 7.73. The van der Waals surface area contributed by atoms with Gasteiger partial charge in [-0.25, -0.2) is 0 Å². The van der Waals surface area contributed by atoms with Crippen molar-refractivity contribution in [3.05, 3.63) is 95.8 Å². The molecular weight excluding hydrogens is 466 g/mol. The second-order valence-corrected chi connectivity index (χ2v) is 9.23. The monoisotopic (exact) mass is 495 g/mol. The maximum Gasteiger partial charge on any atom is 0.294 e. The normalized spacial score (nSPS) is 13.5. The van der Waals surface area contributed by atoms with Gasteiger partial charge in [0.25, 0.3) is 10.1 Å². The van der Waals surface area contributed by atoms with E-state index in [1.807, 2.05) is 49.5 Å². The highest BCUT2D eigenvalue weighted by atomic mass is 32.2. The molecule has 0 spiro atoms. The van der Waals surface area contributed by atoms with Gasteiger partial charge in [0, 0.05) is 49.2 Å². The van der Waals surface area contributed by atoms with Gasteiger partial charge in [-0.05, 0) is 49.4 Å². The number of benzene rings is 2. The Morgan fingerprint density at radius 1 is 1.09 bits per heavy atom. The van der Waals surface area contributed by atoms with Gasteiger partial charge in [-0.1, -0.05) is 29.8 Å². The fourth-order valence-corrected chi connectivity index (χ4v) is 3.64. The molecule has 1 aliphatic rings. The van der Waals surface area contributed by atoms with Crippen LogP contribution in [-0.4, -0.2) is 49.0 Å². The molecule has 1 aromatic heterocycles. The van der Waals surface area contributed by atoms with Gasteiger partial charge in [0.2, 0.25) is 0 Å². The predicted octanol–water partition coefficient (Wildman–Crippen LogP) is 3.84. The Bertz CT molecular complexity index is 1230. The topological polar surface area (TPSA) is 121 Å². The Labute approximate surface area is 205 Å². The molecule has 1 aliphatic heterocycles. The number of allylic oxidation sites excluding steroid dienone is 1. The molecular formula is C26H29N3O5S. The van der Waals surface area contributed by atoms with Gasteiger partial charge in [0.05, 0.1) is 16.7 Å². The summed E-state index contributed by atoms with van der Waals surface area (Å²) in [5.74, 6) is 0.830. The zero-order valence-electron chi connectivity index (χ0n) is 19.4. The maximum absolute atomic E-state index is 10.5. The van der Waals surface area contributed by atoms with Gasteiger partial charge in [-0.3, -0.25) is 14.5 Å². The number of nitrogens with zero attached hydrogens (tertiary/aromatic N) is 2. The van der Waals surface area contributed by atoms with Gasteiger partial charge in [0.1, 0.15) is 12.4 Å². The van der Waals surface area contributed by atoms with Crippen LogP contribution < -0.4 is 10.1 Å². The van der Waals surface area contributed by atoms with Crippen LogP contribution in [0, 0.1) is 6.92 Å². The molecule has 0 amide bonds. The lowest BCUT2D eigenvalue weighted by molar-refractivity contribution is 0.171. The van der Waals surface area contributed by atoms with Crippen molar-refractivity contribution in [3.8, 4) is 5.75 Å². The van der Waals surface area contributed by atoms with Crippen LogP contribution in [0.25, 0.3) is 5.70 Å². The van der Waals surface area contributed by atoms with Crippen LogP contribution in [0.1, 0.15) is 29.2 Å². The minimum absolute atomic E-state index is 0.0666. The summed E-state index contributed by atoms with van der Waals surface area (Å²) in [7, 11) is -4.02. The molecule has 0 unspecified atom stereocenters. The first kappa shape index (κ1) is 26.2. The summed E-state index contributed by atoms with van der Waals surface area (Å²) in [5, 5.41) is 13.2. The summed E-state index contributed by atoms with van der Waals surface area (Å²) >= 11 is 0. The number of pyridine rings is 1. The largest absolute Gasteiger partial charge is 0.492 e. The highest BCUT2D eigenvalue weighted by molar-refractivity contribution is 7.85. The first-order valence-electron chi connectivity index (χ1n) is 11.1. The van der Waals surface area contributed by atoms with Crippen molar-refractivity contribution < 1.29 is 22.8 Å². The molecule has 3 aromatic rings. The third-order valence-corrected chi connectivity index (χ3v) is 5.94. The second kappa shape index (κ2) is 12.9. The number of nitrogens with one attached hydrogen (secondary N) is 1. The highest BCUT2D eigenvalue weighted by Gasteiger charge is 2.08. The van der Waals surface area contributed by atoms with Crippen molar-refractivity contribution in [2.75, 3.05) is 19.7 Å². The van der Waals surface area contributed by atoms with Crippen LogP contribution >= 0.6 is 0 Å². The maximum atomic E-state index is 10.5. The van der Waals surface area contributed by atoms with Gasteiger partial charge < -0.3 is 15.2 Å². The number of aliphatic hydroxyl groups is 1. The molecule has 2 aromatic carbocycles. The molecule has 35 heavy (non-hydrogen) atoms. The molecule has 184 valence electrons. The minimum atomic E-state index is -4.02. The molecule has 8 nitrogen and oxygen atoms in total. The van der Waals surface area contributed by atoms with E-state index in [-0.39, 0.29) is 4.90 Å². The Morgan fingerprint density at radius 3 is 2.43 bits per heavy atom. The molecule has 0 saturated heterocycles. The van der Waals surface area contributed by atoms with Crippen molar-refractivity contribution in [3.63, 3.8) is 0 Å². The van der Waals surface area contributed by atoms with Crippen LogP contribution in [-0.2, 0) is 10.1 Å². The molecule has 2 heterocycles. The summed E-state index contributed by atoms with van der Waals surface area (Å²) in [4.78, 5) is 8.25. The standard InChI is InChI=1S/C19H21N3O2.C7H8O3S/c23-19(16-3-1-9-20-13-16)14-21-11-12-24-17-7-5-15(6-8-17)18-4-2-10-22-18;1-6-2-4-7(5-3-6)11(8,9)10/h1,3-10,13,19,21,23H,2,11-12,14H2;2-5H,1H3,(H,8,9,10)/t19-;/m0./s1. The molecule has 1 atom stereocenters. The lowest BCUT2D eigenvalue weighted by Gasteiger charge is -2.12. The second-order valence-electron chi connectivity index (χ2n) is 7.80. The summed E-state index contributed by atoms with van der Waals surface area (Å²) in [5.41, 5.74) is 3.89. The van der Waals surface area contributed by atoms with E-state index in [4.69, 9.17) is 9.29 Å². The molecule has 0 bridgehead atoms. The van der Waals surface area contributed by atoms with Crippen molar-refractivity contribution in [2.24, 2.45) is 4.99 Å². The number of ether oxygens (including phenoxy) is 1. The summed E-state index contributed by atoms with van der Waals surface area (Å²) in [6, 6.07) is 17.6. The lowest BCUT2D eigenvalue weighted by atomic mass is 10.1. The first-order valence-corrected chi connectivity index (χ1v) is 12.6. The summed E-state index contributed by atoms with van der Waals surface area (Å²) < 4.78 is 35.2. The van der Waals surface area contributed by atoms with E-state index in [9.17, 15) is 13.5 Å². The van der Waals surface area contributed by atoms with Crippen LogP contribution in [0.5, 0.6) is 5.75 Å². The van der Waals surface area contributed by atoms with Crippen molar-refractivity contribution in [2.45, 2.75) is 24.3 Å². The number of hydrogen-bond acceptors (Lipinski definition) is 7. The third kappa shape index (κ3) is 8.73. The smallest absolute Gasteiger partial charge is 0.294 e. The van der Waals surface area contributed by atoms with E-state index in [0.717, 1.165) is 34.6 Å². The number of rotatable bonds is 9. The minimum Gasteiger partial charge on any atom is -0.492 e. The zero-order chi connectivity index (χ0) is 25.1. The van der Waals surface area contributed by atoms with Crippen molar-refractivity contribution >= 4 is 22.0 Å². The fraction of sp³-hybridized carbons (Fsp3) is 0.231. The number of aryl methyl sites for hydroxylation is 1. The third-order valence-electron chi connectivity index (χ3n) is 5.07. The van der Waals surface area contributed by atoms with Crippen LogP contribution in [0.3, 0.4) is 0 Å². The van der Waals surface area contributed by atoms with Crippen LogP contribution in [0.4, 0.5) is 0 Å². The Hall–Kier alpha value is -3.37. The van der Waals surface area contributed by atoms with E-state index in [1.165, 1.54) is 12.1 Å². The van der Waals surface area contributed by atoms with E-state index in [2.05, 4.69) is 21.4 Å². The van der Waals surface area contributed by atoms with Crippen molar-refractivity contribution in [1.29, 1.82) is 0 Å². The highest BCUT2D eigenvalue weighted by Crippen LogP contribution is 2.22. The molecule has 4 rings (SSSR count). The predicted molar refractivity (Wildman–Crippen MR) is 136 cm³/mol. The quantitative estimate of drug-likeness (QED) is 0.305. The molecule has 0 radical (unpaired) electrons. The molecule has 3 N–H and O–H groups in total. The van der Waals surface area contributed by atoms with Gasteiger partial charge in [-0.2, -0.15) is 8.42 Å². The Kier molecular flexibility index (Phi) is 9.68. The average Bonchev–Trinajstić information content (AvgIpc) is 3.40.